The van der Waals surface area contributed by atoms with Crippen molar-refractivity contribution in [2.75, 3.05) is 0 Å². The van der Waals surface area contributed by atoms with Crippen molar-refractivity contribution in [3.63, 3.8) is 0 Å². The maximum absolute atomic E-state index is 8.99. The van der Waals surface area contributed by atoms with Crippen molar-refractivity contribution in [3.05, 3.63) is 45.1 Å². The van der Waals surface area contributed by atoms with Gasteiger partial charge in [0.15, 0.2) is 0 Å². The lowest BCUT2D eigenvalue weighted by molar-refractivity contribution is 0.867. The van der Waals surface area contributed by atoms with Gasteiger partial charge in [0.25, 0.3) is 0 Å². The average molecular weight is 327 g/mol. The number of aromatic nitrogens is 2. The number of rotatable bonds is 1. The molecule has 74 valence electrons. The summed E-state index contributed by atoms with van der Waals surface area (Å²) in [5, 5.41) is 13.2. The van der Waals surface area contributed by atoms with E-state index in [1.807, 2.05) is 18.2 Å². The molecule has 0 unspecified atom stereocenters. The van der Waals surface area contributed by atoms with Gasteiger partial charge in [0.2, 0.25) is 0 Å². The molecule has 1 heterocycles. The second kappa shape index (κ2) is 4.17. The van der Waals surface area contributed by atoms with Gasteiger partial charge in [-0.05, 0) is 40.2 Å². The van der Waals surface area contributed by atoms with Crippen molar-refractivity contribution in [1.29, 1.82) is 5.26 Å². The molecule has 3 nitrogen and oxygen atoms in total. The summed E-state index contributed by atoms with van der Waals surface area (Å²) >= 11 is 6.59. The normalized spacial score (nSPS) is 9.93. The lowest BCUT2D eigenvalue weighted by Gasteiger charge is -2.03. The van der Waals surface area contributed by atoms with Crippen molar-refractivity contribution in [2.24, 2.45) is 0 Å². The highest BCUT2D eigenvalue weighted by atomic mass is 79.9. The second-order valence-electron chi connectivity index (χ2n) is 2.86. The Morgan fingerprint density at radius 1 is 1.27 bits per heavy atom. The minimum atomic E-state index is 0.583. The van der Waals surface area contributed by atoms with E-state index >= 15 is 0 Å². The van der Waals surface area contributed by atoms with E-state index in [2.05, 4.69) is 43.0 Å². The van der Waals surface area contributed by atoms with E-state index in [0.29, 0.717) is 5.56 Å². The smallest absolute Gasteiger partial charge is 0.128 e. The van der Waals surface area contributed by atoms with Gasteiger partial charge in [-0.2, -0.15) is 10.4 Å². The van der Waals surface area contributed by atoms with Crippen molar-refractivity contribution in [2.45, 2.75) is 0 Å². The minimum Gasteiger partial charge on any atom is -0.239 e. The average Bonchev–Trinajstić information content (AvgIpc) is 2.64. The van der Waals surface area contributed by atoms with Crippen LogP contribution in [0.15, 0.2) is 39.5 Å². The van der Waals surface area contributed by atoms with Crippen LogP contribution < -0.4 is 0 Å². The van der Waals surface area contributed by atoms with Crippen LogP contribution in [-0.4, -0.2) is 9.78 Å². The molecule has 0 saturated carbocycles. The molecular formula is C10H5Br2N3. The number of nitriles is 1. The standard InChI is InChI=1S/C10H5Br2N3/c11-8-1-2-9(7(5-8)6-13)15-4-3-10(12)14-15/h1-5H. The number of hydrogen-bond acceptors (Lipinski definition) is 2. The topological polar surface area (TPSA) is 41.6 Å². The summed E-state index contributed by atoms with van der Waals surface area (Å²) in [6.07, 6.45) is 1.80. The third-order valence-electron chi connectivity index (χ3n) is 1.88. The summed E-state index contributed by atoms with van der Waals surface area (Å²) in [6, 6.07) is 9.46. The van der Waals surface area contributed by atoms with Crippen molar-refractivity contribution < 1.29 is 0 Å². The highest BCUT2D eigenvalue weighted by Crippen LogP contribution is 2.19. The molecule has 0 amide bonds. The van der Waals surface area contributed by atoms with Crippen molar-refractivity contribution >= 4 is 31.9 Å². The third kappa shape index (κ3) is 2.11. The minimum absolute atomic E-state index is 0.583. The first-order chi connectivity index (χ1) is 7.20. The molecule has 0 aliphatic heterocycles. The molecule has 2 rings (SSSR count). The molecule has 0 atom stereocenters. The summed E-state index contributed by atoms with van der Waals surface area (Å²) in [5.41, 5.74) is 1.35. The number of nitrogens with zero attached hydrogens (tertiary/aromatic N) is 3. The fraction of sp³-hybridized carbons (Fsp3) is 0. The SMILES string of the molecule is N#Cc1cc(Br)ccc1-n1ccc(Br)n1. The van der Waals surface area contributed by atoms with Crippen LogP contribution in [0.2, 0.25) is 0 Å². The van der Waals surface area contributed by atoms with E-state index in [-0.39, 0.29) is 0 Å². The lowest BCUT2D eigenvalue weighted by atomic mass is 10.2. The van der Waals surface area contributed by atoms with Crippen molar-refractivity contribution in [3.8, 4) is 11.8 Å². The van der Waals surface area contributed by atoms with Crippen LogP contribution in [0.3, 0.4) is 0 Å². The maximum Gasteiger partial charge on any atom is 0.128 e. The van der Waals surface area contributed by atoms with Gasteiger partial charge in [0.05, 0.1) is 11.3 Å². The molecule has 0 fully saturated rings. The van der Waals surface area contributed by atoms with Crippen molar-refractivity contribution in [1.82, 2.24) is 9.78 Å². The van der Waals surface area contributed by atoms with Gasteiger partial charge in [0.1, 0.15) is 10.7 Å². The summed E-state index contributed by atoms with van der Waals surface area (Å²) < 4.78 is 3.29. The van der Waals surface area contributed by atoms with Gasteiger partial charge in [-0.25, -0.2) is 4.68 Å². The Kier molecular flexibility index (Phi) is 2.89. The fourth-order valence-electron chi connectivity index (χ4n) is 1.23. The summed E-state index contributed by atoms with van der Waals surface area (Å²) in [7, 11) is 0. The predicted octanol–water partition coefficient (Wildman–Crippen LogP) is 3.27. The van der Waals surface area contributed by atoms with Crippen LogP contribution in [0.25, 0.3) is 5.69 Å². The first-order valence-corrected chi connectivity index (χ1v) is 5.70. The van der Waals surface area contributed by atoms with Crippen LogP contribution in [0.1, 0.15) is 5.56 Å². The number of benzene rings is 1. The summed E-state index contributed by atoms with van der Waals surface area (Å²) in [6.45, 7) is 0. The maximum atomic E-state index is 8.99. The molecule has 0 aliphatic carbocycles. The van der Waals surface area contributed by atoms with Crippen LogP contribution >= 0.6 is 31.9 Å². The van der Waals surface area contributed by atoms with Gasteiger partial charge in [-0.3, -0.25) is 0 Å². The summed E-state index contributed by atoms with van der Waals surface area (Å²) in [4.78, 5) is 0. The van der Waals surface area contributed by atoms with E-state index in [1.165, 1.54) is 0 Å². The Morgan fingerprint density at radius 3 is 2.67 bits per heavy atom. The molecule has 0 spiro atoms. The van der Waals surface area contributed by atoms with Gasteiger partial charge in [-0.15, -0.1) is 0 Å². The Morgan fingerprint density at radius 2 is 2.07 bits per heavy atom. The molecule has 15 heavy (non-hydrogen) atoms. The first kappa shape index (κ1) is 10.4. The van der Waals surface area contributed by atoms with E-state index < -0.39 is 0 Å². The van der Waals surface area contributed by atoms with Crippen LogP contribution in [-0.2, 0) is 0 Å². The quantitative estimate of drug-likeness (QED) is 0.807. The molecule has 0 radical (unpaired) electrons. The Labute approximate surface area is 104 Å². The zero-order valence-electron chi connectivity index (χ0n) is 7.48. The number of halogens is 2. The molecule has 0 saturated heterocycles. The molecule has 5 heteroatoms. The van der Waals surface area contributed by atoms with E-state index in [1.54, 1.807) is 16.9 Å². The molecule has 0 N–H and O–H groups in total. The zero-order valence-corrected chi connectivity index (χ0v) is 10.7. The predicted molar refractivity (Wildman–Crippen MR) is 63.7 cm³/mol. The number of hydrogen-bond donors (Lipinski definition) is 0. The molecule has 0 bridgehead atoms. The molecule has 2 aromatic rings. The molecule has 1 aromatic carbocycles. The largest absolute Gasteiger partial charge is 0.239 e. The van der Waals surface area contributed by atoms with Gasteiger partial charge in [-0.1, -0.05) is 15.9 Å². The van der Waals surface area contributed by atoms with E-state index in [4.69, 9.17) is 5.26 Å². The fourth-order valence-corrected chi connectivity index (χ4v) is 1.88. The monoisotopic (exact) mass is 325 g/mol. The van der Waals surface area contributed by atoms with E-state index in [9.17, 15) is 0 Å². The van der Waals surface area contributed by atoms with Gasteiger partial charge in [0, 0.05) is 10.7 Å². The summed E-state index contributed by atoms with van der Waals surface area (Å²) in [5.74, 6) is 0. The Hall–Kier alpha value is -1.12. The Bertz CT molecular complexity index is 540. The molecular weight excluding hydrogens is 322 g/mol. The second-order valence-corrected chi connectivity index (χ2v) is 4.58. The Balaban J connectivity index is 2.58. The first-order valence-electron chi connectivity index (χ1n) is 4.12. The van der Waals surface area contributed by atoms with Gasteiger partial charge < -0.3 is 0 Å². The van der Waals surface area contributed by atoms with E-state index in [0.717, 1.165) is 14.8 Å². The zero-order chi connectivity index (χ0) is 10.8. The highest BCUT2D eigenvalue weighted by molar-refractivity contribution is 9.10. The van der Waals surface area contributed by atoms with Crippen LogP contribution in [0, 0.1) is 11.3 Å². The van der Waals surface area contributed by atoms with Gasteiger partial charge >= 0.3 is 0 Å². The van der Waals surface area contributed by atoms with Crippen LogP contribution in [0.5, 0.6) is 0 Å². The molecule has 1 aromatic heterocycles. The highest BCUT2D eigenvalue weighted by Gasteiger charge is 2.05. The van der Waals surface area contributed by atoms with Crippen LogP contribution in [0.4, 0.5) is 0 Å². The lowest BCUT2D eigenvalue weighted by Crippen LogP contribution is -1.97. The third-order valence-corrected chi connectivity index (χ3v) is 2.80. The molecule has 0 aliphatic rings.